The normalized spacial score (nSPS) is 19.1. The van der Waals surface area contributed by atoms with Gasteiger partial charge in [-0.2, -0.15) is 0 Å². The minimum atomic E-state index is -0.969. The summed E-state index contributed by atoms with van der Waals surface area (Å²) in [6.07, 6.45) is 0. The van der Waals surface area contributed by atoms with E-state index in [0.29, 0.717) is 0 Å². The van der Waals surface area contributed by atoms with Gasteiger partial charge in [-0.1, -0.05) is 35.3 Å². The Balaban J connectivity index is 2.57. The third-order valence-corrected chi connectivity index (χ3v) is 3.43. The average Bonchev–Trinajstić information content (AvgIpc) is 2.30. The fourth-order valence-electron chi connectivity index (χ4n) is 1.55. The lowest BCUT2D eigenvalue weighted by atomic mass is 10.3. The topological polar surface area (TPSA) is 6.48 Å². The summed E-state index contributed by atoms with van der Waals surface area (Å²) >= 11 is 12.3. The van der Waals surface area contributed by atoms with Gasteiger partial charge in [0.15, 0.2) is 0 Å². The molecule has 13 heavy (non-hydrogen) atoms. The van der Waals surface area contributed by atoms with Crippen LogP contribution in [0.5, 0.6) is 0 Å². The molecule has 1 aromatic carbocycles. The third-order valence-electron chi connectivity index (χ3n) is 2.41. The monoisotopic (exact) mass is 216 g/mol. The van der Waals surface area contributed by atoms with Crippen molar-refractivity contribution in [2.45, 2.75) is 4.58 Å². The fraction of sp³-hybridized carbons (Fsp3) is 0.333. The van der Waals surface area contributed by atoms with Gasteiger partial charge >= 0.3 is 0 Å². The highest BCUT2D eigenvalue weighted by atomic mass is 35.5. The van der Waals surface area contributed by atoms with Crippen LogP contribution in [0.4, 0.5) is 11.4 Å². The first-order chi connectivity index (χ1) is 6.05. The van der Waals surface area contributed by atoms with Crippen molar-refractivity contribution in [2.24, 2.45) is 0 Å². The van der Waals surface area contributed by atoms with Gasteiger partial charge in [0.1, 0.15) is 0 Å². The van der Waals surface area contributed by atoms with Crippen LogP contribution in [-0.2, 0) is 0 Å². The second-order valence-corrected chi connectivity index (χ2v) is 4.36. The summed E-state index contributed by atoms with van der Waals surface area (Å²) < 4.78 is -0.969. The number of nitrogens with zero attached hydrogens (tertiary/aromatic N) is 2. The van der Waals surface area contributed by atoms with Crippen LogP contribution in [0.3, 0.4) is 0 Å². The van der Waals surface area contributed by atoms with E-state index in [1.807, 2.05) is 48.2 Å². The van der Waals surface area contributed by atoms with E-state index in [2.05, 4.69) is 0 Å². The minimum absolute atomic E-state index is 0.969. The van der Waals surface area contributed by atoms with Gasteiger partial charge in [-0.05, 0) is 12.1 Å². The molecule has 0 fully saturated rings. The van der Waals surface area contributed by atoms with Gasteiger partial charge in [-0.15, -0.1) is 0 Å². The molecule has 0 amide bonds. The minimum Gasteiger partial charge on any atom is -0.324 e. The summed E-state index contributed by atoms with van der Waals surface area (Å²) in [6.45, 7) is 0. The molecule has 0 bridgehead atoms. The Kier molecular flexibility index (Phi) is 1.86. The Morgan fingerprint density at radius 2 is 1.38 bits per heavy atom. The number of fused-ring (bicyclic) bond motifs is 1. The Morgan fingerprint density at radius 3 is 1.77 bits per heavy atom. The van der Waals surface area contributed by atoms with E-state index >= 15 is 0 Å². The van der Waals surface area contributed by atoms with Gasteiger partial charge in [0.05, 0.1) is 11.4 Å². The van der Waals surface area contributed by atoms with Crippen LogP contribution in [0.2, 0.25) is 0 Å². The fourth-order valence-corrected chi connectivity index (χ4v) is 1.91. The van der Waals surface area contributed by atoms with E-state index in [4.69, 9.17) is 23.2 Å². The van der Waals surface area contributed by atoms with E-state index in [9.17, 15) is 0 Å². The number of halogens is 2. The third kappa shape index (κ3) is 1.09. The quantitative estimate of drug-likeness (QED) is 0.487. The molecule has 0 aromatic heterocycles. The van der Waals surface area contributed by atoms with Crippen molar-refractivity contribution >= 4 is 34.6 Å². The molecule has 0 atom stereocenters. The molecule has 1 aromatic rings. The summed E-state index contributed by atoms with van der Waals surface area (Å²) in [5.41, 5.74) is 2.10. The summed E-state index contributed by atoms with van der Waals surface area (Å²) in [7, 11) is 3.75. The van der Waals surface area contributed by atoms with E-state index < -0.39 is 4.58 Å². The van der Waals surface area contributed by atoms with Gasteiger partial charge in [0, 0.05) is 14.1 Å². The zero-order chi connectivity index (χ0) is 9.64. The number of alkyl halides is 2. The molecule has 0 radical (unpaired) electrons. The van der Waals surface area contributed by atoms with Crippen LogP contribution >= 0.6 is 23.2 Å². The van der Waals surface area contributed by atoms with Crippen molar-refractivity contribution in [3.63, 3.8) is 0 Å². The molecule has 1 aliphatic heterocycles. The summed E-state index contributed by atoms with van der Waals surface area (Å²) in [4.78, 5) is 3.68. The second-order valence-electron chi connectivity index (χ2n) is 3.12. The van der Waals surface area contributed by atoms with Crippen molar-refractivity contribution in [3.8, 4) is 0 Å². The van der Waals surface area contributed by atoms with Crippen LogP contribution in [0.25, 0.3) is 0 Å². The smallest absolute Gasteiger partial charge is 0.270 e. The number of para-hydroxylation sites is 2. The van der Waals surface area contributed by atoms with Crippen LogP contribution in [0.15, 0.2) is 24.3 Å². The molecule has 4 heteroatoms. The van der Waals surface area contributed by atoms with Crippen molar-refractivity contribution in [2.75, 3.05) is 23.9 Å². The summed E-state index contributed by atoms with van der Waals surface area (Å²) in [6, 6.07) is 7.94. The number of hydrogen-bond acceptors (Lipinski definition) is 2. The van der Waals surface area contributed by atoms with Gasteiger partial charge in [0.25, 0.3) is 4.58 Å². The largest absolute Gasteiger partial charge is 0.324 e. The van der Waals surface area contributed by atoms with E-state index in [-0.39, 0.29) is 0 Å². The average molecular weight is 217 g/mol. The predicted octanol–water partition coefficient (Wildman–Crippen LogP) is 2.66. The molecule has 2 rings (SSSR count). The van der Waals surface area contributed by atoms with Crippen molar-refractivity contribution in [3.05, 3.63) is 24.3 Å². The van der Waals surface area contributed by atoms with Gasteiger partial charge in [-0.3, -0.25) is 0 Å². The Hall–Kier alpha value is -0.600. The lowest BCUT2D eigenvalue weighted by molar-refractivity contribution is 0.775. The van der Waals surface area contributed by atoms with E-state index in [1.54, 1.807) is 0 Å². The zero-order valence-corrected chi connectivity index (χ0v) is 8.97. The van der Waals surface area contributed by atoms with Gasteiger partial charge in [-0.25, -0.2) is 0 Å². The van der Waals surface area contributed by atoms with Gasteiger partial charge < -0.3 is 9.80 Å². The first-order valence-electron chi connectivity index (χ1n) is 3.99. The molecule has 0 N–H and O–H groups in total. The van der Waals surface area contributed by atoms with Crippen LogP contribution in [0, 0.1) is 0 Å². The van der Waals surface area contributed by atoms with Crippen molar-refractivity contribution in [1.82, 2.24) is 0 Å². The first kappa shape index (κ1) is 8.97. The number of hydrogen-bond donors (Lipinski definition) is 0. The lowest BCUT2D eigenvalue weighted by Gasteiger charge is -2.30. The first-order valence-corrected chi connectivity index (χ1v) is 4.75. The molecular weight excluding hydrogens is 207 g/mol. The molecule has 0 saturated heterocycles. The number of anilines is 2. The van der Waals surface area contributed by atoms with Gasteiger partial charge in [0.2, 0.25) is 0 Å². The molecule has 0 aliphatic carbocycles. The summed E-state index contributed by atoms with van der Waals surface area (Å²) in [5.74, 6) is 0. The highest BCUT2D eigenvalue weighted by Gasteiger charge is 2.42. The van der Waals surface area contributed by atoms with E-state index in [1.165, 1.54) is 0 Å². The molecule has 2 nitrogen and oxygen atoms in total. The highest BCUT2D eigenvalue weighted by Crippen LogP contribution is 2.46. The Morgan fingerprint density at radius 1 is 1.00 bits per heavy atom. The molecular formula is C9H10Cl2N2. The Labute approximate surface area is 87.6 Å². The predicted molar refractivity (Wildman–Crippen MR) is 57.7 cm³/mol. The molecule has 0 saturated carbocycles. The maximum absolute atomic E-state index is 6.15. The molecule has 1 aliphatic rings. The summed E-state index contributed by atoms with van der Waals surface area (Å²) in [5, 5.41) is 0. The Bertz CT molecular complexity index is 307. The molecule has 70 valence electrons. The maximum atomic E-state index is 6.15. The van der Waals surface area contributed by atoms with Crippen molar-refractivity contribution < 1.29 is 0 Å². The van der Waals surface area contributed by atoms with Crippen LogP contribution in [-0.4, -0.2) is 18.7 Å². The number of benzene rings is 1. The lowest BCUT2D eigenvalue weighted by Crippen LogP contribution is -2.44. The van der Waals surface area contributed by atoms with Crippen molar-refractivity contribution in [1.29, 1.82) is 0 Å². The van der Waals surface area contributed by atoms with Crippen LogP contribution < -0.4 is 9.80 Å². The molecule has 1 heterocycles. The zero-order valence-electron chi connectivity index (χ0n) is 7.46. The standard InChI is InChI=1S/C9H10Cl2N2/c1-12-7-5-3-4-6-8(7)13(2)9(12,10)11/h3-6H,1-2H3. The number of rotatable bonds is 0. The molecule has 0 unspecified atom stereocenters. The second kappa shape index (κ2) is 2.69. The van der Waals surface area contributed by atoms with E-state index in [0.717, 1.165) is 11.4 Å². The van der Waals surface area contributed by atoms with Crippen LogP contribution in [0.1, 0.15) is 0 Å². The molecule has 0 spiro atoms. The maximum Gasteiger partial charge on any atom is 0.270 e. The SMILES string of the molecule is CN1c2ccccc2N(C)C1(Cl)Cl. The highest BCUT2D eigenvalue weighted by molar-refractivity contribution is 6.51.